The molecule has 1 aliphatic heterocycles. The molecular formula is C22H24N4O5. The zero-order valence-electron chi connectivity index (χ0n) is 17.5. The van der Waals surface area contributed by atoms with Crippen LogP contribution in [0.1, 0.15) is 40.4 Å². The third-order valence-electron chi connectivity index (χ3n) is 4.91. The Labute approximate surface area is 180 Å². The summed E-state index contributed by atoms with van der Waals surface area (Å²) < 4.78 is 6.80. The molecule has 0 saturated carbocycles. The Balaban J connectivity index is 2.09. The van der Waals surface area contributed by atoms with Gasteiger partial charge in [-0.25, -0.2) is 14.6 Å². The second-order valence-corrected chi connectivity index (χ2v) is 6.79. The van der Waals surface area contributed by atoms with Gasteiger partial charge in [-0.05, 0) is 13.8 Å². The van der Waals surface area contributed by atoms with Gasteiger partial charge >= 0.3 is 12.1 Å². The predicted molar refractivity (Wildman–Crippen MR) is 113 cm³/mol. The maximum atomic E-state index is 13.2. The number of nitrogens with zero attached hydrogens (tertiary/aromatic N) is 4. The molecule has 1 aromatic heterocycles. The van der Waals surface area contributed by atoms with Crippen molar-refractivity contribution in [2.24, 2.45) is 0 Å². The van der Waals surface area contributed by atoms with Crippen LogP contribution < -0.4 is 4.90 Å². The van der Waals surface area contributed by atoms with Gasteiger partial charge in [0.1, 0.15) is 5.69 Å². The molecular weight excluding hydrogens is 400 g/mol. The van der Waals surface area contributed by atoms with Crippen molar-refractivity contribution >= 4 is 23.8 Å². The summed E-state index contributed by atoms with van der Waals surface area (Å²) >= 11 is 0. The van der Waals surface area contributed by atoms with Gasteiger partial charge in [0.05, 0.1) is 13.2 Å². The van der Waals surface area contributed by atoms with Crippen LogP contribution in [0.3, 0.4) is 0 Å². The fraction of sp³-hybridized carbons (Fsp3) is 0.364. The number of hydrogen-bond acceptors (Lipinski definition) is 6. The monoisotopic (exact) mass is 424 g/mol. The molecule has 9 heteroatoms. The largest absolute Gasteiger partial charge is 0.465 e. The molecule has 2 aromatic rings. The minimum Gasteiger partial charge on any atom is -0.465 e. The summed E-state index contributed by atoms with van der Waals surface area (Å²) in [5.74, 6) is 5.08. The number of hydrogen-bond donors (Lipinski definition) is 1. The minimum atomic E-state index is -0.980. The van der Waals surface area contributed by atoms with Crippen molar-refractivity contribution in [1.82, 2.24) is 14.5 Å². The molecule has 0 bridgehead atoms. The van der Waals surface area contributed by atoms with Gasteiger partial charge in [0, 0.05) is 31.7 Å². The smallest absolute Gasteiger partial charge is 0.407 e. The number of ketones is 1. The number of anilines is 1. The number of amides is 1. The highest BCUT2D eigenvalue weighted by Gasteiger charge is 2.32. The topological polar surface area (TPSA) is 105 Å². The maximum Gasteiger partial charge on any atom is 0.407 e. The van der Waals surface area contributed by atoms with Gasteiger partial charge in [-0.2, -0.15) is 0 Å². The summed E-state index contributed by atoms with van der Waals surface area (Å²) in [7, 11) is 0. The summed E-state index contributed by atoms with van der Waals surface area (Å²) in [4.78, 5) is 45.0. The van der Waals surface area contributed by atoms with Crippen molar-refractivity contribution < 1.29 is 24.2 Å². The molecule has 0 aliphatic carbocycles. The number of carboxylic acid groups (broad SMARTS) is 1. The van der Waals surface area contributed by atoms with Gasteiger partial charge in [0.25, 0.3) is 0 Å². The summed E-state index contributed by atoms with van der Waals surface area (Å²) in [5.41, 5.74) is 0.453. The van der Waals surface area contributed by atoms with E-state index in [1.807, 2.05) is 4.90 Å². The van der Waals surface area contributed by atoms with Crippen LogP contribution in [0.25, 0.3) is 0 Å². The SMILES string of the molecule is CC#CCn1c(N2CCN(C(=O)O)CC2)nc(C(=O)c2ccccc2)c1C(=O)OCC. The van der Waals surface area contributed by atoms with Crippen molar-refractivity contribution in [1.29, 1.82) is 0 Å². The number of aromatic nitrogens is 2. The highest BCUT2D eigenvalue weighted by Crippen LogP contribution is 2.24. The van der Waals surface area contributed by atoms with Crippen LogP contribution in [0.2, 0.25) is 0 Å². The molecule has 1 saturated heterocycles. The minimum absolute atomic E-state index is 0.00165. The average molecular weight is 424 g/mol. The van der Waals surface area contributed by atoms with Crippen LogP contribution in [-0.4, -0.2) is 70.2 Å². The third kappa shape index (κ3) is 4.69. The number of esters is 1. The molecule has 31 heavy (non-hydrogen) atoms. The zero-order valence-corrected chi connectivity index (χ0v) is 17.5. The summed E-state index contributed by atoms with van der Waals surface area (Å²) in [6.07, 6.45) is -0.980. The molecule has 1 aromatic carbocycles. The molecule has 162 valence electrons. The van der Waals surface area contributed by atoms with E-state index in [0.29, 0.717) is 37.7 Å². The van der Waals surface area contributed by atoms with E-state index >= 15 is 0 Å². The van der Waals surface area contributed by atoms with Gasteiger partial charge in [0.15, 0.2) is 5.69 Å². The Morgan fingerprint density at radius 1 is 1.13 bits per heavy atom. The summed E-state index contributed by atoms with van der Waals surface area (Å²) in [6, 6.07) is 8.60. The number of benzene rings is 1. The fourth-order valence-corrected chi connectivity index (χ4v) is 3.38. The molecule has 3 rings (SSSR count). The van der Waals surface area contributed by atoms with Crippen LogP contribution >= 0.6 is 0 Å². The van der Waals surface area contributed by atoms with Crippen LogP contribution in [0.5, 0.6) is 0 Å². The lowest BCUT2D eigenvalue weighted by atomic mass is 10.1. The van der Waals surface area contributed by atoms with Crippen molar-refractivity contribution in [3.05, 3.63) is 47.3 Å². The van der Waals surface area contributed by atoms with Crippen LogP contribution in [-0.2, 0) is 11.3 Å². The third-order valence-corrected chi connectivity index (χ3v) is 4.91. The fourth-order valence-electron chi connectivity index (χ4n) is 3.38. The van der Waals surface area contributed by atoms with Gasteiger partial charge in [-0.15, -0.1) is 5.92 Å². The highest BCUT2D eigenvalue weighted by molar-refractivity contribution is 6.13. The molecule has 0 radical (unpaired) electrons. The lowest BCUT2D eigenvalue weighted by Gasteiger charge is -2.33. The zero-order chi connectivity index (χ0) is 22.4. The lowest BCUT2D eigenvalue weighted by Crippen LogP contribution is -2.49. The van der Waals surface area contributed by atoms with Gasteiger partial charge in [-0.1, -0.05) is 36.3 Å². The number of ether oxygens (including phenoxy) is 1. The van der Waals surface area contributed by atoms with Crippen molar-refractivity contribution in [3.63, 3.8) is 0 Å². The van der Waals surface area contributed by atoms with Gasteiger partial charge < -0.3 is 19.6 Å². The molecule has 1 amide bonds. The van der Waals surface area contributed by atoms with Crippen molar-refractivity contribution in [3.8, 4) is 11.8 Å². The number of carbonyl (C=O) groups is 3. The molecule has 1 fully saturated rings. The molecule has 0 atom stereocenters. The van der Waals surface area contributed by atoms with E-state index in [1.165, 1.54) is 4.90 Å². The molecule has 0 spiro atoms. The van der Waals surface area contributed by atoms with Crippen molar-refractivity contribution in [2.45, 2.75) is 20.4 Å². The average Bonchev–Trinajstić information content (AvgIpc) is 3.17. The molecule has 1 aliphatic rings. The number of carbonyl (C=O) groups excluding carboxylic acids is 2. The maximum absolute atomic E-state index is 13.2. The van der Waals surface area contributed by atoms with Crippen LogP contribution in [0, 0.1) is 11.8 Å². The molecule has 2 heterocycles. The Kier molecular flexibility index (Phi) is 6.92. The van der Waals surface area contributed by atoms with Gasteiger partial charge in [0.2, 0.25) is 11.7 Å². The van der Waals surface area contributed by atoms with Crippen LogP contribution in [0.15, 0.2) is 30.3 Å². The molecule has 1 N–H and O–H groups in total. The Hall–Kier alpha value is -3.80. The first-order chi connectivity index (χ1) is 15.0. The quantitative estimate of drug-likeness (QED) is 0.430. The number of rotatable bonds is 6. The van der Waals surface area contributed by atoms with Gasteiger partial charge in [-0.3, -0.25) is 9.36 Å². The molecule has 9 nitrogen and oxygen atoms in total. The normalized spacial score (nSPS) is 13.4. The number of imidazole rings is 1. The standard InChI is InChI=1S/C22H24N4O5/c1-3-5-11-26-18(20(28)31-4-2)17(19(27)16-9-7-6-8-10-16)23-21(26)24-12-14-25(15-13-24)22(29)30/h6-10H,4,11-15H2,1-2H3,(H,29,30). The van der Waals surface area contributed by atoms with Crippen molar-refractivity contribution in [2.75, 3.05) is 37.7 Å². The van der Waals surface area contributed by atoms with Crippen LogP contribution in [0.4, 0.5) is 10.7 Å². The van der Waals surface area contributed by atoms with E-state index in [9.17, 15) is 19.5 Å². The van der Waals surface area contributed by atoms with E-state index in [1.54, 1.807) is 48.7 Å². The van der Waals surface area contributed by atoms with E-state index in [4.69, 9.17) is 4.74 Å². The first-order valence-electron chi connectivity index (χ1n) is 9.97. The molecule has 0 unspecified atom stereocenters. The second-order valence-electron chi connectivity index (χ2n) is 6.79. The predicted octanol–water partition coefficient (Wildman–Crippen LogP) is 2.11. The number of piperazine rings is 1. The Bertz CT molecular complexity index is 1030. The highest BCUT2D eigenvalue weighted by atomic mass is 16.5. The van der Waals surface area contributed by atoms with E-state index in [0.717, 1.165) is 0 Å². The van der Waals surface area contributed by atoms with E-state index < -0.39 is 17.8 Å². The summed E-state index contributed by atoms with van der Waals surface area (Å²) in [6.45, 7) is 5.01. The summed E-state index contributed by atoms with van der Waals surface area (Å²) in [5, 5.41) is 9.21. The first-order valence-corrected chi connectivity index (χ1v) is 9.97. The second kappa shape index (κ2) is 9.80. The Morgan fingerprint density at radius 2 is 1.81 bits per heavy atom. The van der Waals surface area contributed by atoms with E-state index in [2.05, 4.69) is 16.8 Å². The Morgan fingerprint density at radius 3 is 2.39 bits per heavy atom. The first kappa shape index (κ1) is 21.9. The van der Waals surface area contributed by atoms with E-state index in [-0.39, 0.29) is 24.5 Å². The lowest BCUT2D eigenvalue weighted by molar-refractivity contribution is 0.0511.